The average molecular weight is 439 g/mol. The van der Waals surface area contributed by atoms with Gasteiger partial charge in [-0.1, -0.05) is 47.7 Å². The van der Waals surface area contributed by atoms with E-state index in [4.69, 9.17) is 10.5 Å². The highest BCUT2D eigenvalue weighted by molar-refractivity contribution is 7.90. The molecular formula is C21H18N4O3S2. The number of nitrogens with one attached hydrogen (secondary N) is 1. The zero-order valence-corrected chi connectivity index (χ0v) is 17.6. The van der Waals surface area contributed by atoms with Gasteiger partial charge >= 0.3 is 0 Å². The van der Waals surface area contributed by atoms with E-state index in [1.54, 1.807) is 42.6 Å². The van der Waals surface area contributed by atoms with Crippen LogP contribution in [0.5, 0.6) is 10.8 Å². The monoisotopic (exact) mass is 438 g/mol. The van der Waals surface area contributed by atoms with Crippen LogP contribution in [-0.2, 0) is 9.84 Å². The minimum Gasteiger partial charge on any atom is -0.444 e. The SMILES string of the molecule is CS(=O)(=O)c1cccc(Nc2cc(Oc3sc(N)nc3-c3ccccc3)ccn2)c1. The Labute approximate surface area is 178 Å². The summed E-state index contributed by atoms with van der Waals surface area (Å²) in [7, 11) is -3.30. The number of sulfone groups is 1. The van der Waals surface area contributed by atoms with E-state index in [-0.39, 0.29) is 4.90 Å². The Hall–Kier alpha value is -3.43. The van der Waals surface area contributed by atoms with E-state index in [1.807, 2.05) is 30.3 Å². The van der Waals surface area contributed by atoms with Gasteiger partial charge in [-0.15, -0.1) is 0 Å². The predicted molar refractivity (Wildman–Crippen MR) is 119 cm³/mol. The number of thiazole rings is 1. The number of pyridine rings is 1. The summed E-state index contributed by atoms with van der Waals surface area (Å²) in [5.74, 6) is 1.06. The average Bonchev–Trinajstić information content (AvgIpc) is 3.08. The fraction of sp³-hybridized carbons (Fsp3) is 0.0476. The number of aromatic nitrogens is 2. The van der Waals surface area contributed by atoms with Crippen molar-refractivity contribution in [2.45, 2.75) is 4.90 Å². The van der Waals surface area contributed by atoms with Crippen molar-refractivity contribution in [2.24, 2.45) is 0 Å². The molecule has 0 fully saturated rings. The van der Waals surface area contributed by atoms with Gasteiger partial charge in [-0.2, -0.15) is 0 Å². The molecule has 2 aromatic carbocycles. The van der Waals surface area contributed by atoms with Gasteiger partial charge in [-0.05, 0) is 24.3 Å². The van der Waals surface area contributed by atoms with Crippen molar-refractivity contribution in [1.29, 1.82) is 0 Å². The minimum atomic E-state index is -3.30. The highest BCUT2D eigenvalue weighted by atomic mass is 32.2. The van der Waals surface area contributed by atoms with E-state index in [2.05, 4.69) is 15.3 Å². The summed E-state index contributed by atoms with van der Waals surface area (Å²) in [5, 5.41) is 4.09. The first-order valence-corrected chi connectivity index (χ1v) is 11.6. The van der Waals surface area contributed by atoms with Gasteiger partial charge in [0.2, 0.25) is 5.06 Å². The van der Waals surface area contributed by atoms with E-state index in [1.165, 1.54) is 17.6 Å². The summed E-state index contributed by atoms with van der Waals surface area (Å²) >= 11 is 1.26. The first-order valence-electron chi connectivity index (χ1n) is 8.91. The Balaban J connectivity index is 1.59. The van der Waals surface area contributed by atoms with Gasteiger partial charge < -0.3 is 15.8 Å². The lowest BCUT2D eigenvalue weighted by Crippen LogP contribution is -1.99. The molecule has 0 spiro atoms. The van der Waals surface area contributed by atoms with Gasteiger partial charge in [-0.25, -0.2) is 18.4 Å². The highest BCUT2D eigenvalue weighted by Crippen LogP contribution is 2.39. The molecule has 0 bridgehead atoms. The molecule has 0 aliphatic rings. The summed E-state index contributed by atoms with van der Waals surface area (Å²) in [6.45, 7) is 0. The van der Waals surface area contributed by atoms with Gasteiger partial charge in [0.1, 0.15) is 17.3 Å². The van der Waals surface area contributed by atoms with Crippen LogP contribution in [-0.4, -0.2) is 24.6 Å². The molecule has 4 aromatic rings. The molecule has 2 heterocycles. The van der Waals surface area contributed by atoms with Crippen LogP contribution >= 0.6 is 11.3 Å². The van der Waals surface area contributed by atoms with Crippen LogP contribution in [0.25, 0.3) is 11.3 Å². The third-order valence-corrected chi connectivity index (χ3v) is 6.01. The molecule has 0 atom stereocenters. The normalized spacial score (nSPS) is 11.2. The third-order valence-electron chi connectivity index (χ3n) is 4.14. The molecule has 2 aromatic heterocycles. The summed E-state index contributed by atoms with van der Waals surface area (Å²) in [6, 6.07) is 19.6. The molecule has 0 radical (unpaired) electrons. The zero-order chi connectivity index (χ0) is 21.1. The molecule has 4 rings (SSSR count). The smallest absolute Gasteiger partial charge is 0.210 e. The topological polar surface area (TPSA) is 107 Å². The fourth-order valence-corrected chi connectivity index (χ4v) is 4.16. The molecule has 30 heavy (non-hydrogen) atoms. The molecule has 9 heteroatoms. The zero-order valence-electron chi connectivity index (χ0n) is 15.9. The van der Waals surface area contributed by atoms with E-state index in [0.29, 0.717) is 33.1 Å². The maximum atomic E-state index is 11.8. The first-order chi connectivity index (χ1) is 14.4. The van der Waals surface area contributed by atoms with Crippen molar-refractivity contribution >= 4 is 37.8 Å². The minimum absolute atomic E-state index is 0.229. The van der Waals surface area contributed by atoms with Crippen molar-refractivity contribution in [3.8, 4) is 22.1 Å². The van der Waals surface area contributed by atoms with Crippen molar-refractivity contribution in [1.82, 2.24) is 9.97 Å². The van der Waals surface area contributed by atoms with Crippen LogP contribution in [0.15, 0.2) is 77.8 Å². The Morgan fingerprint density at radius 2 is 1.83 bits per heavy atom. The molecule has 0 amide bonds. The number of benzene rings is 2. The van der Waals surface area contributed by atoms with Crippen LogP contribution in [0.4, 0.5) is 16.6 Å². The number of nitrogens with zero attached hydrogens (tertiary/aromatic N) is 2. The van der Waals surface area contributed by atoms with E-state index >= 15 is 0 Å². The number of hydrogen-bond donors (Lipinski definition) is 2. The molecule has 7 nitrogen and oxygen atoms in total. The second kappa shape index (κ2) is 8.13. The Kier molecular flexibility index (Phi) is 5.39. The van der Waals surface area contributed by atoms with Crippen LogP contribution in [0.3, 0.4) is 0 Å². The summed E-state index contributed by atoms with van der Waals surface area (Å²) in [6.07, 6.45) is 2.77. The molecule has 0 saturated heterocycles. The quantitative estimate of drug-likeness (QED) is 0.448. The Morgan fingerprint density at radius 1 is 1.03 bits per heavy atom. The standard InChI is InChI=1S/C21H18N4O3S2/c1-30(26,27)17-9-5-8-15(12-17)24-18-13-16(10-11-23-18)28-20-19(25-21(22)29-20)14-6-3-2-4-7-14/h2-13H,1H3,(H2,22,25)(H,23,24). The molecule has 152 valence electrons. The number of rotatable bonds is 6. The molecule has 0 aliphatic carbocycles. The Morgan fingerprint density at radius 3 is 2.60 bits per heavy atom. The molecule has 3 N–H and O–H groups in total. The third kappa shape index (κ3) is 4.58. The van der Waals surface area contributed by atoms with E-state index in [9.17, 15) is 8.42 Å². The lowest BCUT2D eigenvalue weighted by molar-refractivity contribution is 0.496. The summed E-state index contributed by atoms with van der Waals surface area (Å²) in [5.41, 5.74) is 8.09. The lowest BCUT2D eigenvalue weighted by atomic mass is 10.2. The predicted octanol–water partition coefficient (Wildman–Crippen LogP) is 4.73. The van der Waals surface area contributed by atoms with E-state index < -0.39 is 9.84 Å². The van der Waals surface area contributed by atoms with Crippen molar-refractivity contribution in [3.63, 3.8) is 0 Å². The van der Waals surface area contributed by atoms with Crippen molar-refractivity contribution < 1.29 is 13.2 Å². The van der Waals surface area contributed by atoms with Crippen LogP contribution in [0.2, 0.25) is 0 Å². The van der Waals surface area contributed by atoms with Gasteiger partial charge in [0.15, 0.2) is 15.0 Å². The molecule has 0 saturated carbocycles. The molecule has 0 unspecified atom stereocenters. The van der Waals surface area contributed by atoms with Gasteiger partial charge in [0, 0.05) is 29.8 Å². The number of nitrogen functional groups attached to an aromatic ring is 1. The largest absolute Gasteiger partial charge is 0.444 e. The van der Waals surface area contributed by atoms with Gasteiger partial charge in [0.25, 0.3) is 0 Å². The maximum Gasteiger partial charge on any atom is 0.210 e. The highest BCUT2D eigenvalue weighted by Gasteiger charge is 2.14. The maximum absolute atomic E-state index is 11.8. The first kappa shape index (κ1) is 19.9. The fourth-order valence-electron chi connectivity index (χ4n) is 2.77. The number of anilines is 3. The van der Waals surface area contributed by atoms with Crippen LogP contribution < -0.4 is 15.8 Å². The number of ether oxygens (including phenoxy) is 1. The summed E-state index contributed by atoms with van der Waals surface area (Å²) in [4.78, 5) is 8.89. The lowest BCUT2D eigenvalue weighted by Gasteiger charge is -2.09. The molecular weight excluding hydrogens is 420 g/mol. The second-order valence-corrected chi connectivity index (χ2v) is 9.47. The van der Waals surface area contributed by atoms with Crippen molar-refractivity contribution in [2.75, 3.05) is 17.3 Å². The molecule has 0 aliphatic heterocycles. The Bertz CT molecular complexity index is 1290. The van der Waals surface area contributed by atoms with Crippen LogP contribution in [0.1, 0.15) is 0 Å². The van der Waals surface area contributed by atoms with Crippen LogP contribution in [0, 0.1) is 0 Å². The summed E-state index contributed by atoms with van der Waals surface area (Å²) < 4.78 is 29.6. The number of nitrogens with two attached hydrogens (primary N) is 1. The van der Waals surface area contributed by atoms with E-state index in [0.717, 1.165) is 5.56 Å². The number of hydrogen-bond acceptors (Lipinski definition) is 8. The van der Waals surface area contributed by atoms with Gasteiger partial charge in [0.05, 0.1) is 4.90 Å². The van der Waals surface area contributed by atoms with Gasteiger partial charge in [-0.3, -0.25) is 0 Å². The second-order valence-electron chi connectivity index (χ2n) is 6.46. The van der Waals surface area contributed by atoms with Crippen molar-refractivity contribution in [3.05, 3.63) is 72.9 Å².